The highest BCUT2D eigenvalue weighted by atomic mass is 35.5. The first kappa shape index (κ1) is 13.4. The quantitative estimate of drug-likeness (QED) is 0.833. The van der Waals surface area contributed by atoms with Gasteiger partial charge in [-0.05, 0) is 25.0 Å². The lowest BCUT2D eigenvalue weighted by Gasteiger charge is -2.33. The smallest absolute Gasteiger partial charge is 0.0727 e. The van der Waals surface area contributed by atoms with Gasteiger partial charge in [-0.15, -0.1) is 0 Å². The van der Waals surface area contributed by atoms with Crippen molar-refractivity contribution in [3.8, 4) is 0 Å². The predicted octanol–water partition coefficient (Wildman–Crippen LogP) is 2.23. The van der Waals surface area contributed by atoms with Crippen LogP contribution in [0.15, 0.2) is 18.3 Å². The molecule has 1 rings (SSSR count). The summed E-state index contributed by atoms with van der Waals surface area (Å²) in [5.41, 5.74) is 0.505. The summed E-state index contributed by atoms with van der Waals surface area (Å²) in [4.78, 5) is 4.20. The van der Waals surface area contributed by atoms with Crippen LogP contribution in [0.5, 0.6) is 0 Å². The number of aliphatic hydroxyl groups is 1. The van der Waals surface area contributed by atoms with Crippen molar-refractivity contribution in [3.63, 3.8) is 0 Å². The average molecular weight is 243 g/mol. The fraction of sp³-hybridized carbons (Fsp3) is 0.583. The van der Waals surface area contributed by atoms with E-state index in [1.807, 2.05) is 13.0 Å². The van der Waals surface area contributed by atoms with Crippen LogP contribution >= 0.6 is 11.6 Å². The number of aliphatic hydroxyl groups excluding tert-OH is 1. The molecule has 1 aromatic rings. The molecule has 16 heavy (non-hydrogen) atoms. The second-order valence-electron chi connectivity index (χ2n) is 4.52. The third-order valence-electron chi connectivity index (χ3n) is 3.10. The second kappa shape index (κ2) is 5.62. The second-order valence-corrected chi connectivity index (χ2v) is 4.92. The highest BCUT2D eigenvalue weighted by Gasteiger charge is 2.26. The normalized spacial score (nSPS) is 15.1. The lowest BCUT2D eigenvalue weighted by molar-refractivity contribution is 0.131. The topological polar surface area (TPSA) is 45.1 Å². The van der Waals surface area contributed by atoms with Crippen LogP contribution in [0.1, 0.15) is 26.5 Å². The Morgan fingerprint density at radius 2 is 2.25 bits per heavy atom. The lowest BCUT2D eigenvalue weighted by Crippen LogP contribution is -2.49. The van der Waals surface area contributed by atoms with Crippen molar-refractivity contribution >= 4 is 11.6 Å². The van der Waals surface area contributed by atoms with Crippen LogP contribution in [-0.2, 0) is 6.54 Å². The van der Waals surface area contributed by atoms with E-state index in [0.29, 0.717) is 17.5 Å². The molecule has 1 unspecified atom stereocenters. The van der Waals surface area contributed by atoms with Crippen molar-refractivity contribution in [3.05, 3.63) is 29.0 Å². The molecular formula is C12H19ClN2O. The van der Waals surface area contributed by atoms with Gasteiger partial charge in [0.25, 0.3) is 0 Å². The lowest BCUT2D eigenvalue weighted by atomic mass is 9.89. The molecule has 0 bridgehead atoms. The molecule has 90 valence electrons. The van der Waals surface area contributed by atoms with Crippen LogP contribution in [0, 0.1) is 5.92 Å². The molecular weight excluding hydrogens is 224 g/mol. The fourth-order valence-electron chi connectivity index (χ4n) is 1.28. The van der Waals surface area contributed by atoms with E-state index >= 15 is 0 Å². The van der Waals surface area contributed by atoms with Gasteiger partial charge in [0, 0.05) is 18.3 Å². The monoisotopic (exact) mass is 242 g/mol. The van der Waals surface area contributed by atoms with Gasteiger partial charge in [0.05, 0.1) is 17.3 Å². The van der Waals surface area contributed by atoms with Crippen LogP contribution in [0.25, 0.3) is 0 Å². The summed E-state index contributed by atoms with van der Waals surface area (Å²) < 4.78 is 0. The Balaban J connectivity index is 2.67. The number of nitrogens with zero attached hydrogens (tertiary/aromatic N) is 1. The number of pyridine rings is 1. The van der Waals surface area contributed by atoms with E-state index in [1.54, 1.807) is 12.3 Å². The van der Waals surface area contributed by atoms with Crippen LogP contribution in [0.4, 0.5) is 0 Å². The van der Waals surface area contributed by atoms with Crippen LogP contribution < -0.4 is 5.32 Å². The zero-order chi connectivity index (χ0) is 12.2. The van der Waals surface area contributed by atoms with Crippen molar-refractivity contribution in [2.75, 3.05) is 6.61 Å². The van der Waals surface area contributed by atoms with E-state index in [2.05, 4.69) is 24.1 Å². The van der Waals surface area contributed by atoms with Gasteiger partial charge < -0.3 is 10.4 Å². The minimum Gasteiger partial charge on any atom is -0.394 e. The zero-order valence-electron chi connectivity index (χ0n) is 10.00. The Morgan fingerprint density at radius 3 is 2.75 bits per heavy atom. The fourth-order valence-corrected chi connectivity index (χ4v) is 1.47. The Kier molecular flexibility index (Phi) is 4.71. The number of hydrogen-bond donors (Lipinski definition) is 2. The minimum absolute atomic E-state index is 0.0924. The molecule has 0 aliphatic carbocycles. The molecule has 0 amide bonds. The van der Waals surface area contributed by atoms with Gasteiger partial charge >= 0.3 is 0 Å². The van der Waals surface area contributed by atoms with E-state index in [4.69, 9.17) is 11.6 Å². The minimum atomic E-state index is -0.305. The molecule has 0 spiro atoms. The first-order valence-corrected chi connectivity index (χ1v) is 5.82. The number of rotatable bonds is 5. The van der Waals surface area contributed by atoms with Gasteiger partial charge in [-0.2, -0.15) is 0 Å². The van der Waals surface area contributed by atoms with E-state index in [-0.39, 0.29) is 12.1 Å². The summed E-state index contributed by atoms with van der Waals surface area (Å²) >= 11 is 6.01. The summed E-state index contributed by atoms with van der Waals surface area (Å²) in [5, 5.41) is 13.3. The molecule has 0 fully saturated rings. The number of halogens is 1. The van der Waals surface area contributed by atoms with Crippen molar-refractivity contribution < 1.29 is 5.11 Å². The third-order valence-corrected chi connectivity index (χ3v) is 3.44. The molecule has 0 aliphatic heterocycles. The van der Waals surface area contributed by atoms with Gasteiger partial charge in [0.2, 0.25) is 0 Å². The summed E-state index contributed by atoms with van der Waals surface area (Å²) in [5.74, 6) is 0.333. The highest BCUT2D eigenvalue weighted by Crippen LogP contribution is 2.18. The molecule has 3 nitrogen and oxygen atoms in total. The Bertz CT molecular complexity index is 344. The van der Waals surface area contributed by atoms with Crippen LogP contribution in [0.2, 0.25) is 5.02 Å². The van der Waals surface area contributed by atoms with E-state index in [1.165, 1.54) is 0 Å². The maximum absolute atomic E-state index is 9.39. The summed E-state index contributed by atoms with van der Waals surface area (Å²) in [6.45, 7) is 6.80. The maximum atomic E-state index is 9.39. The molecule has 1 atom stereocenters. The largest absolute Gasteiger partial charge is 0.394 e. The van der Waals surface area contributed by atoms with Gasteiger partial charge in [-0.1, -0.05) is 25.4 Å². The Morgan fingerprint density at radius 1 is 1.56 bits per heavy atom. The first-order chi connectivity index (χ1) is 7.49. The molecule has 0 saturated carbocycles. The van der Waals surface area contributed by atoms with E-state index in [9.17, 15) is 5.11 Å². The summed E-state index contributed by atoms with van der Waals surface area (Å²) in [7, 11) is 0. The highest BCUT2D eigenvalue weighted by molar-refractivity contribution is 6.31. The van der Waals surface area contributed by atoms with Gasteiger partial charge in [-0.25, -0.2) is 0 Å². The van der Waals surface area contributed by atoms with Gasteiger partial charge in [0.15, 0.2) is 0 Å². The summed E-state index contributed by atoms with van der Waals surface area (Å²) in [6, 6.07) is 3.62. The molecule has 0 aromatic carbocycles. The van der Waals surface area contributed by atoms with Crippen molar-refractivity contribution in [1.29, 1.82) is 0 Å². The number of nitrogens with one attached hydrogen (secondary N) is 1. The summed E-state index contributed by atoms with van der Waals surface area (Å²) in [6.07, 6.45) is 1.72. The molecule has 0 aliphatic rings. The Hall–Kier alpha value is -0.640. The maximum Gasteiger partial charge on any atom is 0.0727 e. The Labute approximate surface area is 102 Å². The first-order valence-electron chi connectivity index (χ1n) is 5.45. The van der Waals surface area contributed by atoms with E-state index in [0.717, 1.165) is 5.69 Å². The SMILES string of the molecule is CC(C)C(C)(CO)NCc1ncccc1Cl. The average Bonchev–Trinajstić information content (AvgIpc) is 2.27. The van der Waals surface area contributed by atoms with Crippen molar-refractivity contribution in [1.82, 2.24) is 10.3 Å². The van der Waals surface area contributed by atoms with Crippen LogP contribution in [0.3, 0.4) is 0 Å². The van der Waals surface area contributed by atoms with Crippen LogP contribution in [-0.4, -0.2) is 22.2 Å². The van der Waals surface area contributed by atoms with Gasteiger partial charge in [-0.3, -0.25) is 4.98 Å². The number of hydrogen-bond acceptors (Lipinski definition) is 3. The predicted molar refractivity (Wildman–Crippen MR) is 66.4 cm³/mol. The third kappa shape index (κ3) is 3.17. The standard InChI is InChI=1S/C12H19ClN2O/c1-9(2)12(3,8-16)15-7-11-10(13)5-4-6-14-11/h4-6,9,15-16H,7-8H2,1-3H3. The molecule has 0 radical (unpaired) electrons. The molecule has 2 N–H and O–H groups in total. The molecule has 1 aromatic heterocycles. The zero-order valence-corrected chi connectivity index (χ0v) is 10.8. The van der Waals surface area contributed by atoms with Gasteiger partial charge in [0.1, 0.15) is 0 Å². The van der Waals surface area contributed by atoms with Crippen molar-refractivity contribution in [2.24, 2.45) is 5.92 Å². The van der Waals surface area contributed by atoms with Crippen molar-refractivity contribution in [2.45, 2.75) is 32.9 Å². The van der Waals surface area contributed by atoms with E-state index < -0.39 is 0 Å². The molecule has 4 heteroatoms. The molecule has 0 saturated heterocycles. The molecule has 1 heterocycles. The number of aromatic nitrogens is 1.